The van der Waals surface area contributed by atoms with Gasteiger partial charge in [0, 0.05) is 12.8 Å². The van der Waals surface area contributed by atoms with Gasteiger partial charge in [-0.1, -0.05) is 20.8 Å². The predicted octanol–water partition coefficient (Wildman–Crippen LogP) is 2.44. The van der Waals surface area contributed by atoms with Crippen LogP contribution in [0.3, 0.4) is 0 Å². The predicted molar refractivity (Wildman–Crippen MR) is 43.1 cm³/mol. The molecular formula is C9H16F2O. The Bertz CT molecular complexity index is 172. The Labute approximate surface area is 71.8 Å². The van der Waals surface area contributed by atoms with Gasteiger partial charge >= 0.3 is 0 Å². The fraction of sp³-hybridized carbons (Fsp3) is 1.00. The molecule has 0 radical (unpaired) electrons. The van der Waals surface area contributed by atoms with Gasteiger partial charge in [0.25, 0.3) is 5.92 Å². The standard InChI is InChI=1S/C9H16F2O/c1-8(2,3)6-4-9(10,11)5-7(6)12/h6-7,12H,4-5H2,1-3H3/t6?,7-/m1/s1. The minimum Gasteiger partial charge on any atom is -0.393 e. The summed E-state index contributed by atoms with van der Waals surface area (Å²) in [7, 11) is 0. The van der Waals surface area contributed by atoms with Crippen molar-refractivity contribution in [2.24, 2.45) is 11.3 Å². The van der Waals surface area contributed by atoms with E-state index in [1.165, 1.54) is 0 Å². The second-order valence-electron chi connectivity index (χ2n) is 4.80. The maximum Gasteiger partial charge on any atom is 0.251 e. The third kappa shape index (κ3) is 1.94. The molecule has 2 atom stereocenters. The monoisotopic (exact) mass is 178 g/mol. The van der Waals surface area contributed by atoms with Crippen LogP contribution in [-0.2, 0) is 0 Å². The first-order valence-corrected chi connectivity index (χ1v) is 4.28. The minimum absolute atomic E-state index is 0.169. The first kappa shape index (κ1) is 9.90. The fourth-order valence-corrected chi connectivity index (χ4v) is 1.87. The van der Waals surface area contributed by atoms with Crippen molar-refractivity contribution in [3.05, 3.63) is 0 Å². The van der Waals surface area contributed by atoms with E-state index in [1.807, 2.05) is 20.8 Å². The highest BCUT2D eigenvalue weighted by Crippen LogP contribution is 2.46. The maximum atomic E-state index is 12.8. The molecule has 0 amide bonds. The van der Waals surface area contributed by atoms with Gasteiger partial charge in [0.05, 0.1) is 6.10 Å². The molecule has 0 aliphatic heterocycles. The molecule has 1 N–H and O–H groups in total. The van der Waals surface area contributed by atoms with Crippen LogP contribution in [0.5, 0.6) is 0 Å². The van der Waals surface area contributed by atoms with Gasteiger partial charge in [0.2, 0.25) is 0 Å². The second kappa shape index (κ2) is 2.66. The van der Waals surface area contributed by atoms with Crippen molar-refractivity contribution in [3.63, 3.8) is 0 Å². The largest absolute Gasteiger partial charge is 0.393 e. The molecule has 0 saturated heterocycles. The number of aliphatic hydroxyl groups excluding tert-OH is 1. The molecule has 1 fully saturated rings. The molecule has 72 valence electrons. The Morgan fingerprint density at radius 2 is 1.75 bits per heavy atom. The number of hydrogen-bond acceptors (Lipinski definition) is 1. The van der Waals surface area contributed by atoms with Crippen LogP contribution < -0.4 is 0 Å². The zero-order valence-electron chi connectivity index (χ0n) is 7.77. The highest BCUT2D eigenvalue weighted by atomic mass is 19.3. The lowest BCUT2D eigenvalue weighted by atomic mass is 9.78. The number of hydrogen-bond donors (Lipinski definition) is 1. The summed E-state index contributed by atoms with van der Waals surface area (Å²) < 4.78 is 25.6. The quantitative estimate of drug-likeness (QED) is 0.604. The first-order chi connectivity index (χ1) is 5.22. The molecule has 0 spiro atoms. The van der Waals surface area contributed by atoms with Crippen LogP contribution in [0.25, 0.3) is 0 Å². The minimum atomic E-state index is -2.66. The molecule has 3 heteroatoms. The average Bonchev–Trinajstić information content (AvgIpc) is 2.03. The zero-order valence-corrected chi connectivity index (χ0v) is 7.77. The van der Waals surface area contributed by atoms with Crippen molar-refractivity contribution in [1.82, 2.24) is 0 Å². The van der Waals surface area contributed by atoms with Crippen molar-refractivity contribution in [1.29, 1.82) is 0 Å². The van der Waals surface area contributed by atoms with Crippen LogP contribution in [0.2, 0.25) is 0 Å². The molecule has 0 bridgehead atoms. The maximum absolute atomic E-state index is 12.8. The van der Waals surface area contributed by atoms with Crippen molar-refractivity contribution in [2.75, 3.05) is 0 Å². The van der Waals surface area contributed by atoms with E-state index in [4.69, 9.17) is 0 Å². The Morgan fingerprint density at radius 3 is 1.92 bits per heavy atom. The SMILES string of the molecule is CC(C)(C)C1CC(F)(F)C[C@H]1O. The van der Waals surface area contributed by atoms with Gasteiger partial charge in [-0.3, -0.25) is 0 Å². The summed E-state index contributed by atoms with van der Waals surface area (Å²) in [6.07, 6.45) is -1.37. The molecule has 12 heavy (non-hydrogen) atoms. The summed E-state index contributed by atoms with van der Waals surface area (Å²) in [5.74, 6) is -2.93. The first-order valence-electron chi connectivity index (χ1n) is 4.28. The van der Waals surface area contributed by atoms with E-state index in [2.05, 4.69) is 0 Å². The topological polar surface area (TPSA) is 20.2 Å². The van der Waals surface area contributed by atoms with E-state index in [0.29, 0.717) is 0 Å². The highest BCUT2D eigenvalue weighted by molar-refractivity contribution is 4.93. The Morgan fingerprint density at radius 1 is 1.25 bits per heavy atom. The zero-order chi connectivity index (χ0) is 9.57. The normalized spacial score (nSPS) is 35.5. The van der Waals surface area contributed by atoms with Crippen LogP contribution in [0.1, 0.15) is 33.6 Å². The summed E-state index contributed by atoms with van der Waals surface area (Å²) in [4.78, 5) is 0. The molecular weight excluding hydrogens is 162 g/mol. The number of alkyl halides is 2. The number of rotatable bonds is 0. The van der Waals surface area contributed by atoms with Crippen LogP contribution in [-0.4, -0.2) is 17.1 Å². The molecule has 0 aromatic rings. The van der Waals surface area contributed by atoms with E-state index < -0.39 is 12.0 Å². The van der Waals surface area contributed by atoms with Crippen LogP contribution in [0.4, 0.5) is 8.78 Å². The number of halogens is 2. The molecule has 1 rings (SSSR count). The van der Waals surface area contributed by atoms with Gasteiger partial charge in [-0.25, -0.2) is 8.78 Å². The Hall–Kier alpha value is -0.180. The summed E-state index contributed by atoms with van der Waals surface area (Å²) in [6, 6.07) is 0. The Balaban J connectivity index is 2.71. The average molecular weight is 178 g/mol. The van der Waals surface area contributed by atoms with Gasteiger partial charge < -0.3 is 5.11 Å². The van der Waals surface area contributed by atoms with Gasteiger partial charge in [-0.05, 0) is 11.3 Å². The molecule has 0 aromatic heterocycles. The lowest BCUT2D eigenvalue weighted by Crippen LogP contribution is -2.27. The molecule has 0 aromatic carbocycles. The molecule has 1 unspecified atom stereocenters. The van der Waals surface area contributed by atoms with Crippen molar-refractivity contribution in [3.8, 4) is 0 Å². The smallest absolute Gasteiger partial charge is 0.251 e. The van der Waals surface area contributed by atoms with E-state index in [9.17, 15) is 13.9 Å². The summed E-state index contributed by atoms with van der Waals surface area (Å²) in [5, 5.41) is 9.38. The third-order valence-corrected chi connectivity index (χ3v) is 2.60. The van der Waals surface area contributed by atoms with Crippen LogP contribution >= 0.6 is 0 Å². The molecule has 0 heterocycles. The van der Waals surface area contributed by atoms with Crippen molar-refractivity contribution >= 4 is 0 Å². The van der Waals surface area contributed by atoms with Gasteiger partial charge in [0.1, 0.15) is 0 Å². The van der Waals surface area contributed by atoms with E-state index in [0.717, 1.165) is 0 Å². The Kier molecular flexibility index (Phi) is 2.19. The fourth-order valence-electron chi connectivity index (χ4n) is 1.87. The van der Waals surface area contributed by atoms with E-state index >= 15 is 0 Å². The molecule has 1 nitrogen and oxygen atoms in total. The second-order valence-corrected chi connectivity index (χ2v) is 4.80. The summed E-state index contributed by atoms with van der Waals surface area (Å²) in [5.41, 5.74) is -0.223. The van der Waals surface area contributed by atoms with Crippen molar-refractivity contribution < 1.29 is 13.9 Å². The summed E-state index contributed by atoms with van der Waals surface area (Å²) in [6.45, 7) is 5.67. The molecule has 1 aliphatic carbocycles. The van der Waals surface area contributed by atoms with Crippen LogP contribution in [0, 0.1) is 11.3 Å². The third-order valence-electron chi connectivity index (χ3n) is 2.60. The number of aliphatic hydroxyl groups is 1. The van der Waals surface area contributed by atoms with Crippen LogP contribution in [0.15, 0.2) is 0 Å². The van der Waals surface area contributed by atoms with Crippen molar-refractivity contribution in [2.45, 2.75) is 45.6 Å². The summed E-state index contributed by atoms with van der Waals surface area (Å²) >= 11 is 0. The van der Waals surface area contributed by atoms with E-state index in [-0.39, 0.29) is 24.2 Å². The lowest BCUT2D eigenvalue weighted by molar-refractivity contribution is -0.00490. The lowest BCUT2D eigenvalue weighted by Gasteiger charge is -2.29. The van der Waals surface area contributed by atoms with Gasteiger partial charge in [0.15, 0.2) is 0 Å². The van der Waals surface area contributed by atoms with Gasteiger partial charge in [-0.2, -0.15) is 0 Å². The highest BCUT2D eigenvalue weighted by Gasteiger charge is 2.49. The van der Waals surface area contributed by atoms with Gasteiger partial charge in [-0.15, -0.1) is 0 Å². The molecule has 1 aliphatic rings. The van der Waals surface area contributed by atoms with E-state index in [1.54, 1.807) is 0 Å². The molecule has 1 saturated carbocycles.